The van der Waals surface area contributed by atoms with Crippen LogP contribution >= 0.6 is 23.2 Å². The second-order valence-corrected chi connectivity index (χ2v) is 8.56. The minimum absolute atomic E-state index is 0.350. The van der Waals surface area contributed by atoms with Crippen molar-refractivity contribution in [3.63, 3.8) is 0 Å². The lowest BCUT2D eigenvalue weighted by atomic mass is 10.2. The van der Waals surface area contributed by atoms with E-state index in [1.54, 1.807) is 42.5 Å². The topological polar surface area (TPSA) is 68.3 Å². The highest BCUT2D eigenvalue weighted by Crippen LogP contribution is 2.31. The van der Waals surface area contributed by atoms with Gasteiger partial charge in [0.15, 0.2) is 5.58 Å². The Bertz CT molecular complexity index is 1530. The molecule has 0 saturated carbocycles. The number of nitrogens with one attached hydrogen (secondary N) is 1. The van der Waals surface area contributed by atoms with E-state index in [-0.39, 0.29) is 5.91 Å². The molecule has 5 nitrogen and oxygen atoms in total. The van der Waals surface area contributed by atoms with Crippen LogP contribution in [0.1, 0.15) is 11.3 Å². The smallest absolute Gasteiger partial charge is 0.248 e. The van der Waals surface area contributed by atoms with Crippen LogP contribution in [0.5, 0.6) is 0 Å². The SMILES string of the molecule is Cc1ccc2nc(-c3ccc(Cl)c(NC(=O)/C=C/c4ccc(-c5ccc(Cl)cc5)o4)c3)oc2c1. The highest BCUT2D eigenvalue weighted by Gasteiger charge is 2.12. The minimum Gasteiger partial charge on any atom is -0.457 e. The van der Waals surface area contributed by atoms with Crippen LogP contribution in [0.4, 0.5) is 5.69 Å². The molecule has 0 aliphatic rings. The van der Waals surface area contributed by atoms with Gasteiger partial charge in [0.1, 0.15) is 17.0 Å². The molecule has 2 heterocycles. The molecule has 0 aliphatic heterocycles. The molecule has 0 unspecified atom stereocenters. The summed E-state index contributed by atoms with van der Waals surface area (Å²) in [5, 5.41) is 3.85. The Balaban J connectivity index is 1.31. The van der Waals surface area contributed by atoms with Gasteiger partial charge in [-0.15, -0.1) is 0 Å². The van der Waals surface area contributed by atoms with Crippen molar-refractivity contribution in [1.82, 2.24) is 4.98 Å². The standard InChI is InChI=1S/C27H18Cl2N2O3/c1-16-2-11-22-25(14-16)34-27(31-22)18-5-10-21(29)23(15-18)30-26(32)13-9-20-8-12-24(33-20)17-3-6-19(28)7-4-17/h2-15H,1H3,(H,30,32)/b13-9+. The maximum Gasteiger partial charge on any atom is 0.248 e. The Hall–Kier alpha value is -3.80. The van der Waals surface area contributed by atoms with Gasteiger partial charge in [0.05, 0.1) is 10.7 Å². The Morgan fingerprint density at radius 1 is 0.912 bits per heavy atom. The van der Waals surface area contributed by atoms with Crippen LogP contribution < -0.4 is 5.32 Å². The summed E-state index contributed by atoms with van der Waals surface area (Å²) in [7, 11) is 0. The van der Waals surface area contributed by atoms with Crippen LogP contribution in [0, 0.1) is 6.92 Å². The van der Waals surface area contributed by atoms with Gasteiger partial charge in [-0.3, -0.25) is 4.79 Å². The number of aromatic nitrogens is 1. The zero-order valence-electron chi connectivity index (χ0n) is 18.0. The Labute approximate surface area is 205 Å². The normalized spacial score (nSPS) is 11.4. The zero-order chi connectivity index (χ0) is 23.7. The molecule has 0 fully saturated rings. The van der Waals surface area contributed by atoms with Gasteiger partial charge in [0, 0.05) is 22.2 Å². The maximum absolute atomic E-state index is 12.5. The summed E-state index contributed by atoms with van der Waals surface area (Å²) < 4.78 is 11.7. The van der Waals surface area contributed by atoms with Crippen molar-refractivity contribution in [3.8, 4) is 22.8 Å². The number of benzene rings is 3. The first-order chi connectivity index (χ1) is 16.4. The number of anilines is 1. The summed E-state index contributed by atoms with van der Waals surface area (Å²) >= 11 is 12.2. The largest absolute Gasteiger partial charge is 0.457 e. The fraction of sp³-hybridized carbons (Fsp3) is 0.0370. The molecule has 2 aromatic heterocycles. The predicted molar refractivity (Wildman–Crippen MR) is 136 cm³/mol. The van der Waals surface area contributed by atoms with Gasteiger partial charge in [0.25, 0.3) is 0 Å². The summed E-state index contributed by atoms with van der Waals surface area (Å²) in [5.74, 6) is 1.33. The van der Waals surface area contributed by atoms with Gasteiger partial charge in [0.2, 0.25) is 11.8 Å². The first-order valence-corrected chi connectivity index (χ1v) is 11.2. The average molecular weight is 489 g/mol. The number of rotatable bonds is 5. The molecule has 0 atom stereocenters. The quantitative estimate of drug-likeness (QED) is 0.254. The van der Waals surface area contributed by atoms with Crippen molar-refractivity contribution in [2.45, 2.75) is 6.92 Å². The number of aryl methyl sites for hydroxylation is 1. The summed E-state index contributed by atoms with van der Waals surface area (Å²) in [6.07, 6.45) is 2.98. The van der Waals surface area contributed by atoms with Crippen LogP contribution in [-0.2, 0) is 4.79 Å². The van der Waals surface area contributed by atoms with Crippen LogP contribution in [0.3, 0.4) is 0 Å². The summed E-state index contributed by atoms with van der Waals surface area (Å²) in [6, 6.07) is 22.0. The van der Waals surface area contributed by atoms with E-state index in [4.69, 9.17) is 32.0 Å². The van der Waals surface area contributed by atoms with E-state index in [1.165, 1.54) is 6.08 Å². The number of carbonyl (C=O) groups excluding carboxylic acids is 1. The second kappa shape index (κ2) is 9.21. The minimum atomic E-state index is -0.350. The first-order valence-electron chi connectivity index (χ1n) is 10.5. The Morgan fingerprint density at radius 3 is 2.53 bits per heavy atom. The number of hydrogen-bond acceptors (Lipinski definition) is 4. The number of fused-ring (bicyclic) bond motifs is 1. The Morgan fingerprint density at radius 2 is 1.71 bits per heavy atom. The Kier molecular flexibility index (Phi) is 5.97. The van der Waals surface area contributed by atoms with Crippen molar-refractivity contribution in [1.29, 1.82) is 0 Å². The van der Waals surface area contributed by atoms with Gasteiger partial charge in [-0.2, -0.15) is 0 Å². The molecule has 1 N–H and O–H groups in total. The van der Waals surface area contributed by atoms with Crippen molar-refractivity contribution in [2.24, 2.45) is 0 Å². The summed E-state index contributed by atoms with van der Waals surface area (Å²) in [4.78, 5) is 17.1. The molecule has 5 aromatic rings. The fourth-order valence-electron chi connectivity index (χ4n) is 3.45. The van der Waals surface area contributed by atoms with E-state index in [2.05, 4.69) is 10.3 Å². The fourth-order valence-corrected chi connectivity index (χ4v) is 3.74. The van der Waals surface area contributed by atoms with Gasteiger partial charge in [-0.1, -0.05) is 29.3 Å². The van der Waals surface area contributed by atoms with E-state index in [0.717, 1.165) is 16.6 Å². The molecule has 168 valence electrons. The highest BCUT2D eigenvalue weighted by molar-refractivity contribution is 6.34. The van der Waals surface area contributed by atoms with Crippen molar-refractivity contribution >= 4 is 52.0 Å². The molecular formula is C27H18Cl2N2O3. The maximum atomic E-state index is 12.5. The third-order valence-corrected chi connectivity index (χ3v) is 5.75. The summed E-state index contributed by atoms with van der Waals surface area (Å²) in [6.45, 7) is 1.99. The number of furan rings is 1. The predicted octanol–water partition coefficient (Wildman–Crippen LogP) is 8.02. The number of halogens is 2. The van der Waals surface area contributed by atoms with E-state index in [0.29, 0.717) is 44.3 Å². The van der Waals surface area contributed by atoms with Crippen LogP contribution in [-0.4, -0.2) is 10.9 Å². The molecule has 0 aliphatic carbocycles. The molecule has 1 amide bonds. The van der Waals surface area contributed by atoms with Crippen LogP contribution in [0.15, 0.2) is 87.7 Å². The molecule has 0 spiro atoms. The van der Waals surface area contributed by atoms with Gasteiger partial charge in [-0.05, 0) is 85.3 Å². The monoisotopic (exact) mass is 488 g/mol. The lowest BCUT2D eigenvalue weighted by Crippen LogP contribution is -2.08. The van der Waals surface area contributed by atoms with Gasteiger partial charge >= 0.3 is 0 Å². The number of hydrogen-bond donors (Lipinski definition) is 1. The molecular weight excluding hydrogens is 471 g/mol. The number of amides is 1. The van der Waals surface area contributed by atoms with Crippen molar-refractivity contribution < 1.29 is 13.6 Å². The van der Waals surface area contributed by atoms with Gasteiger partial charge in [-0.25, -0.2) is 4.98 Å². The van der Waals surface area contributed by atoms with Crippen LogP contribution in [0.2, 0.25) is 10.0 Å². The molecule has 0 bridgehead atoms. The van der Waals surface area contributed by atoms with Crippen molar-refractivity contribution in [2.75, 3.05) is 5.32 Å². The molecule has 0 radical (unpaired) electrons. The third kappa shape index (κ3) is 4.76. The second-order valence-electron chi connectivity index (χ2n) is 7.72. The lowest BCUT2D eigenvalue weighted by Gasteiger charge is -2.06. The van der Waals surface area contributed by atoms with Crippen LogP contribution in [0.25, 0.3) is 40.0 Å². The van der Waals surface area contributed by atoms with E-state index < -0.39 is 0 Å². The average Bonchev–Trinajstić information content (AvgIpc) is 3.46. The van der Waals surface area contributed by atoms with Crippen molar-refractivity contribution in [3.05, 3.63) is 100 Å². The lowest BCUT2D eigenvalue weighted by molar-refractivity contribution is -0.111. The van der Waals surface area contributed by atoms with Gasteiger partial charge < -0.3 is 14.2 Å². The molecule has 3 aromatic carbocycles. The number of oxazole rings is 1. The molecule has 34 heavy (non-hydrogen) atoms. The first kappa shape index (κ1) is 22.0. The number of nitrogens with zero attached hydrogens (tertiary/aromatic N) is 1. The highest BCUT2D eigenvalue weighted by atomic mass is 35.5. The third-order valence-electron chi connectivity index (χ3n) is 5.17. The van der Waals surface area contributed by atoms with E-state index in [1.807, 2.05) is 43.3 Å². The molecule has 5 rings (SSSR count). The number of carbonyl (C=O) groups is 1. The summed E-state index contributed by atoms with van der Waals surface area (Å²) in [5.41, 5.74) is 4.61. The molecule has 7 heteroatoms. The van der Waals surface area contributed by atoms with E-state index >= 15 is 0 Å². The van der Waals surface area contributed by atoms with E-state index in [9.17, 15) is 4.79 Å². The zero-order valence-corrected chi connectivity index (χ0v) is 19.5. The molecule has 0 saturated heterocycles.